The molecule has 0 bridgehead atoms. The van der Waals surface area contributed by atoms with Gasteiger partial charge in [0.1, 0.15) is 0 Å². The second kappa shape index (κ2) is 12.7. The van der Waals surface area contributed by atoms with Crippen LogP contribution in [0.5, 0.6) is 0 Å². The van der Waals surface area contributed by atoms with E-state index >= 15 is 0 Å². The monoisotopic (exact) mass is 678 g/mol. The van der Waals surface area contributed by atoms with Crippen LogP contribution in [0.4, 0.5) is 0 Å². The number of hydrogen-bond donors (Lipinski definition) is 0. The van der Waals surface area contributed by atoms with Crippen molar-refractivity contribution in [2.45, 2.75) is 26.2 Å². The van der Waals surface area contributed by atoms with Gasteiger partial charge in [-0.3, -0.25) is 0 Å². The van der Waals surface area contributed by atoms with Gasteiger partial charge < -0.3 is 0 Å². The van der Waals surface area contributed by atoms with E-state index in [1.165, 1.54) is 65.5 Å². The minimum absolute atomic E-state index is 0.0670. The summed E-state index contributed by atoms with van der Waals surface area (Å²) in [4.78, 5) is 13.2. The van der Waals surface area contributed by atoms with Gasteiger partial charge in [0.15, 0.2) is 0 Å². The quantitative estimate of drug-likeness (QED) is 0.150. The summed E-state index contributed by atoms with van der Waals surface area (Å²) in [5.41, 5.74) is 3.87. The fourth-order valence-electron chi connectivity index (χ4n) is 4.85. The summed E-state index contributed by atoms with van der Waals surface area (Å²) in [5, 5.41) is 4.29. The molecule has 0 radical (unpaired) electrons. The van der Waals surface area contributed by atoms with Crippen LogP contribution in [0, 0.1) is 0 Å². The molecule has 6 heterocycles. The largest absolute Gasteiger partial charge is 0.143 e. The summed E-state index contributed by atoms with van der Waals surface area (Å²) in [6.45, 7) is 6.87. The minimum atomic E-state index is 0.0670. The molecule has 0 nitrogen and oxygen atoms in total. The molecule has 0 spiro atoms. The maximum absolute atomic E-state index is 2.33. The minimum Gasteiger partial charge on any atom is -0.143 e. The van der Waals surface area contributed by atoms with Crippen LogP contribution in [-0.4, -0.2) is 0 Å². The lowest BCUT2D eigenvalue weighted by Crippen LogP contribution is -2.11. The third kappa shape index (κ3) is 6.76. The second-order valence-electron chi connectivity index (χ2n) is 11.5. The Morgan fingerprint density at radius 2 is 0.841 bits per heavy atom. The summed E-state index contributed by atoms with van der Waals surface area (Å²) in [6, 6.07) is 33.6. The van der Waals surface area contributed by atoms with Gasteiger partial charge in [0.25, 0.3) is 0 Å². The highest BCUT2D eigenvalue weighted by Crippen LogP contribution is 2.41. The standard InChI is InChI=1S/C38H30S6/c1-38(2,3)27-23-25(8-10-28-12-14-34(41-28)36-18-16-32(43-36)30-6-4-20-39-30)22-26(24-27)9-11-29-13-15-35(42-29)37-19-17-33(44-37)31-7-5-21-40-31/h4-24H,1-3H3/b10-8+,11-9+. The molecule has 44 heavy (non-hydrogen) atoms. The van der Waals surface area contributed by atoms with Crippen LogP contribution >= 0.6 is 68.0 Å². The molecule has 0 atom stereocenters. The van der Waals surface area contributed by atoms with Gasteiger partial charge >= 0.3 is 0 Å². The van der Waals surface area contributed by atoms with Gasteiger partial charge in [-0.05, 0) is 112 Å². The zero-order valence-electron chi connectivity index (χ0n) is 24.6. The average Bonchev–Trinajstić information content (AvgIpc) is 3.84. The Morgan fingerprint density at radius 3 is 1.25 bits per heavy atom. The Hall–Kier alpha value is -3.10. The summed E-state index contributed by atoms with van der Waals surface area (Å²) in [5.74, 6) is 0. The molecule has 0 fully saturated rings. The van der Waals surface area contributed by atoms with Crippen molar-refractivity contribution in [3.8, 4) is 39.0 Å². The Morgan fingerprint density at radius 1 is 0.432 bits per heavy atom. The Balaban J connectivity index is 1.09. The van der Waals surface area contributed by atoms with Crippen LogP contribution < -0.4 is 0 Å². The van der Waals surface area contributed by atoms with Crippen molar-refractivity contribution in [2.75, 3.05) is 0 Å². The summed E-state index contributed by atoms with van der Waals surface area (Å²) >= 11 is 11.1. The predicted octanol–water partition coefficient (Wildman–Crippen LogP) is 14.4. The molecule has 6 aromatic heterocycles. The Labute approximate surface area is 283 Å². The van der Waals surface area contributed by atoms with Crippen LogP contribution in [0.25, 0.3) is 63.3 Å². The molecule has 0 aliphatic carbocycles. The predicted molar refractivity (Wildman–Crippen MR) is 205 cm³/mol. The van der Waals surface area contributed by atoms with Crippen LogP contribution in [0.15, 0.2) is 102 Å². The second-order valence-corrected chi connectivity index (χ2v) is 17.8. The van der Waals surface area contributed by atoms with Crippen LogP contribution in [0.1, 0.15) is 47.2 Å². The first-order valence-electron chi connectivity index (χ1n) is 14.4. The van der Waals surface area contributed by atoms with Crippen molar-refractivity contribution >= 4 is 92.3 Å². The van der Waals surface area contributed by atoms with E-state index in [0.29, 0.717) is 0 Å². The molecular formula is C38H30S6. The van der Waals surface area contributed by atoms with Crippen LogP contribution in [-0.2, 0) is 5.41 Å². The van der Waals surface area contributed by atoms with E-state index in [9.17, 15) is 0 Å². The molecule has 218 valence electrons. The number of rotatable bonds is 8. The summed E-state index contributed by atoms with van der Waals surface area (Å²) in [6.07, 6.45) is 9.04. The van der Waals surface area contributed by atoms with Crippen molar-refractivity contribution in [1.82, 2.24) is 0 Å². The van der Waals surface area contributed by atoms with E-state index in [0.717, 1.165) is 0 Å². The molecule has 0 saturated heterocycles. The SMILES string of the molecule is CC(C)(C)c1cc(/C=C/c2ccc(-c3ccc(-c4cccs4)s3)s2)cc(/C=C/c2ccc(-c3ccc(-c4cccs4)s3)s2)c1. The van der Waals surface area contributed by atoms with Crippen LogP contribution in [0.3, 0.4) is 0 Å². The summed E-state index contributed by atoms with van der Waals surface area (Å²) in [7, 11) is 0. The molecule has 0 aliphatic heterocycles. The first-order valence-corrected chi connectivity index (χ1v) is 19.4. The third-order valence-corrected chi connectivity index (χ3v) is 14.0. The fraction of sp³-hybridized carbons (Fsp3) is 0.105. The van der Waals surface area contributed by atoms with Gasteiger partial charge in [0.05, 0.1) is 0 Å². The van der Waals surface area contributed by atoms with Gasteiger partial charge in [-0.15, -0.1) is 68.0 Å². The molecule has 7 aromatic rings. The third-order valence-electron chi connectivity index (χ3n) is 7.20. The molecule has 0 N–H and O–H groups in total. The van der Waals surface area contributed by atoms with Crippen molar-refractivity contribution in [2.24, 2.45) is 0 Å². The lowest BCUT2D eigenvalue weighted by atomic mass is 9.85. The number of hydrogen-bond acceptors (Lipinski definition) is 6. The molecule has 0 aliphatic rings. The molecule has 0 amide bonds. The highest BCUT2D eigenvalue weighted by molar-refractivity contribution is 7.27. The van der Waals surface area contributed by atoms with Gasteiger partial charge in [0.2, 0.25) is 0 Å². The fourth-order valence-corrected chi connectivity index (χ4v) is 10.5. The lowest BCUT2D eigenvalue weighted by molar-refractivity contribution is 0.590. The van der Waals surface area contributed by atoms with Crippen LogP contribution in [0.2, 0.25) is 0 Å². The van der Waals surface area contributed by atoms with Gasteiger partial charge in [-0.1, -0.05) is 57.2 Å². The van der Waals surface area contributed by atoms with E-state index in [1.54, 1.807) is 22.7 Å². The molecule has 1 aromatic carbocycles. The van der Waals surface area contributed by atoms with Gasteiger partial charge in [-0.25, -0.2) is 0 Å². The molecule has 7 rings (SSSR count). The maximum atomic E-state index is 2.33. The zero-order valence-corrected chi connectivity index (χ0v) is 29.5. The van der Waals surface area contributed by atoms with Gasteiger partial charge in [-0.2, -0.15) is 0 Å². The smallest absolute Gasteiger partial charge is 0.0449 e. The highest BCUT2D eigenvalue weighted by atomic mass is 32.1. The summed E-state index contributed by atoms with van der Waals surface area (Å²) < 4.78 is 0. The normalized spacial score (nSPS) is 12.2. The molecule has 0 saturated carbocycles. The Bertz CT molecular complexity index is 1900. The topological polar surface area (TPSA) is 0 Å². The number of thiophene rings is 6. The molecular weight excluding hydrogens is 649 g/mol. The highest BCUT2D eigenvalue weighted by Gasteiger charge is 2.15. The van der Waals surface area contributed by atoms with E-state index in [4.69, 9.17) is 0 Å². The lowest BCUT2D eigenvalue weighted by Gasteiger charge is -2.20. The average molecular weight is 679 g/mol. The van der Waals surface area contributed by atoms with E-state index in [1.807, 2.05) is 45.3 Å². The molecule has 0 unspecified atom stereocenters. The van der Waals surface area contributed by atoms with Gasteiger partial charge in [0, 0.05) is 48.8 Å². The maximum Gasteiger partial charge on any atom is 0.0449 e. The van der Waals surface area contributed by atoms with Crippen molar-refractivity contribution in [3.63, 3.8) is 0 Å². The van der Waals surface area contributed by atoms with Crippen molar-refractivity contribution < 1.29 is 0 Å². The van der Waals surface area contributed by atoms with E-state index in [-0.39, 0.29) is 5.41 Å². The van der Waals surface area contributed by atoms with Crippen molar-refractivity contribution in [3.05, 3.63) is 128 Å². The first-order chi connectivity index (χ1) is 21.4. The Kier molecular flexibility index (Phi) is 8.56. The molecule has 6 heteroatoms. The van der Waals surface area contributed by atoms with E-state index in [2.05, 4.69) is 147 Å². The van der Waals surface area contributed by atoms with E-state index < -0.39 is 0 Å². The number of benzene rings is 1. The first kappa shape index (κ1) is 29.6. The zero-order chi connectivity index (χ0) is 30.1. The van der Waals surface area contributed by atoms with Crippen molar-refractivity contribution in [1.29, 1.82) is 0 Å².